The summed E-state index contributed by atoms with van der Waals surface area (Å²) in [6, 6.07) is 7.86. The van der Waals surface area contributed by atoms with E-state index in [9.17, 15) is 14.3 Å². The Kier molecular flexibility index (Phi) is 8.74. The quantitative estimate of drug-likeness (QED) is 0.293. The van der Waals surface area contributed by atoms with Gasteiger partial charge >= 0.3 is 0 Å². The fraction of sp³-hybridized carbons (Fsp3) is 0.278. The monoisotopic (exact) mass is 570 g/mol. The van der Waals surface area contributed by atoms with E-state index in [1.165, 1.54) is 12.1 Å². The lowest BCUT2D eigenvalue weighted by molar-refractivity contribution is -0.0149. The summed E-state index contributed by atoms with van der Waals surface area (Å²) in [5.41, 5.74) is 3.19. The lowest BCUT2D eigenvalue weighted by Crippen LogP contribution is -2.29. The van der Waals surface area contributed by atoms with Crippen molar-refractivity contribution in [2.24, 2.45) is 0 Å². The molecule has 2 aromatic rings. The van der Waals surface area contributed by atoms with E-state index in [4.69, 9.17) is 16.4 Å². The van der Waals surface area contributed by atoms with Gasteiger partial charge in [0.25, 0.3) is 5.91 Å². The molecule has 0 aliphatic heterocycles. The molecule has 0 heterocycles. The Balaban J connectivity index is 2.19. The topological polar surface area (TPSA) is 70.6 Å². The normalized spacial score (nSPS) is 11.9. The number of carbonyl (C=O) groups is 1. The number of hydrogen-bond donors (Lipinski definition) is 3. The molecule has 0 saturated carbocycles. The number of hydroxylamine groups is 1. The van der Waals surface area contributed by atoms with Gasteiger partial charge in [0.1, 0.15) is 12.4 Å². The molecule has 2 rings (SSSR count). The predicted molar refractivity (Wildman–Crippen MR) is 116 cm³/mol. The summed E-state index contributed by atoms with van der Waals surface area (Å²) in [7, 11) is 0. The van der Waals surface area contributed by atoms with Crippen molar-refractivity contribution in [2.45, 2.75) is 25.9 Å². The van der Waals surface area contributed by atoms with Crippen LogP contribution in [0.25, 0.3) is 0 Å². The second-order valence-electron chi connectivity index (χ2n) is 5.75. The van der Waals surface area contributed by atoms with E-state index in [-0.39, 0.29) is 22.3 Å². The first-order valence-corrected chi connectivity index (χ1v) is 10.4. The number of halogens is 4. The summed E-state index contributed by atoms with van der Waals surface area (Å²) >= 11 is 11.4. The smallest absolute Gasteiger partial charge is 0.276 e. The molecule has 0 radical (unpaired) electrons. The Bertz CT molecular complexity index is 825. The summed E-state index contributed by atoms with van der Waals surface area (Å²) in [5, 5.41) is 13.1. The van der Waals surface area contributed by atoms with Gasteiger partial charge in [0.05, 0.1) is 32.5 Å². The number of carbonyl (C=O) groups excluding carboxylic acids is 1. The average Bonchev–Trinajstić information content (AvgIpc) is 2.60. The first-order valence-electron chi connectivity index (χ1n) is 8.13. The maximum Gasteiger partial charge on any atom is 0.276 e. The summed E-state index contributed by atoms with van der Waals surface area (Å²) in [4.78, 5) is 17.5. The van der Waals surface area contributed by atoms with Crippen LogP contribution < -0.4 is 10.8 Å². The largest absolute Gasteiger partial charge is 0.391 e. The Hall–Kier alpha value is -0.940. The molecule has 0 aromatic heterocycles. The predicted octanol–water partition coefficient (Wildman–Crippen LogP) is 5.41. The van der Waals surface area contributed by atoms with Crippen molar-refractivity contribution in [1.29, 1.82) is 0 Å². The van der Waals surface area contributed by atoms with Crippen molar-refractivity contribution in [3.63, 3.8) is 0 Å². The lowest BCUT2D eigenvalue weighted by atomic mass is 10.1. The third kappa shape index (κ3) is 6.56. The molecule has 1 unspecified atom stereocenters. The van der Waals surface area contributed by atoms with Gasteiger partial charge in [-0.1, -0.05) is 24.9 Å². The van der Waals surface area contributed by atoms with Gasteiger partial charge in [0, 0.05) is 3.57 Å². The van der Waals surface area contributed by atoms with Crippen molar-refractivity contribution in [2.75, 3.05) is 11.9 Å². The van der Waals surface area contributed by atoms with Crippen LogP contribution >= 0.6 is 50.1 Å². The highest BCUT2D eigenvalue weighted by molar-refractivity contribution is 14.1. The molecule has 3 N–H and O–H groups in total. The fourth-order valence-electron chi connectivity index (χ4n) is 2.25. The molecule has 5 nitrogen and oxygen atoms in total. The molecule has 146 valence electrons. The molecule has 0 fully saturated rings. The molecule has 1 amide bonds. The summed E-state index contributed by atoms with van der Waals surface area (Å²) in [5.74, 6) is -1.11. The number of benzene rings is 2. The van der Waals surface area contributed by atoms with Crippen LogP contribution in [0.15, 0.2) is 34.8 Å². The van der Waals surface area contributed by atoms with Crippen molar-refractivity contribution in [3.05, 3.63) is 54.8 Å². The first kappa shape index (κ1) is 22.4. The van der Waals surface area contributed by atoms with Gasteiger partial charge in [-0.05, 0) is 75.3 Å². The van der Waals surface area contributed by atoms with Crippen LogP contribution in [-0.4, -0.2) is 23.7 Å². The Labute approximate surface area is 183 Å². The number of amides is 1. The maximum absolute atomic E-state index is 14.0. The summed E-state index contributed by atoms with van der Waals surface area (Å²) in [6.07, 6.45) is 0.697. The fourth-order valence-corrected chi connectivity index (χ4v) is 3.50. The summed E-state index contributed by atoms with van der Waals surface area (Å²) < 4.78 is 15.1. The zero-order chi connectivity index (χ0) is 20.0. The van der Waals surface area contributed by atoms with Crippen molar-refractivity contribution in [1.82, 2.24) is 5.48 Å². The molecular weight excluding hydrogens is 553 g/mol. The first-order chi connectivity index (χ1) is 12.8. The van der Waals surface area contributed by atoms with E-state index in [0.29, 0.717) is 17.1 Å². The van der Waals surface area contributed by atoms with E-state index in [1.54, 1.807) is 12.1 Å². The van der Waals surface area contributed by atoms with Crippen molar-refractivity contribution >= 4 is 67.4 Å². The maximum atomic E-state index is 14.0. The van der Waals surface area contributed by atoms with Crippen LogP contribution in [0.5, 0.6) is 0 Å². The van der Waals surface area contributed by atoms with E-state index in [2.05, 4.69) is 49.3 Å². The van der Waals surface area contributed by atoms with Crippen LogP contribution in [0, 0.1) is 9.39 Å². The van der Waals surface area contributed by atoms with Gasteiger partial charge in [0.2, 0.25) is 0 Å². The Morgan fingerprint density at radius 3 is 2.78 bits per heavy atom. The van der Waals surface area contributed by atoms with E-state index in [1.807, 2.05) is 13.0 Å². The van der Waals surface area contributed by atoms with Crippen LogP contribution in [0.3, 0.4) is 0 Å². The number of rotatable bonds is 8. The van der Waals surface area contributed by atoms with Gasteiger partial charge in [0.15, 0.2) is 0 Å². The molecule has 2 aromatic carbocycles. The molecule has 0 bridgehead atoms. The number of nitrogens with one attached hydrogen (secondary N) is 2. The molecule has 1 atom stereocenters. The molecule has 0 spiro atoms. The molecule has 9 heteroatoms. The van der Waals surface area contributed by atoms with E-state index >= 15 is 0 Å². The number of hydrogen-bond acceptors (Lipinski definition) is 4. The second-order valence-corrected chi connectivity index (χ2v) is 8.25. The molecular formula is C18H18BrClFIN2O3. The minimum atomic E-state index is -0.668. The second kappa shape index (κ2) is 10.6. The minimum Gasteiger partial charge on any atom is -0.391 e. The van der Waals surface area contributed by atoms with Gasteiger partial charge < -0.3 is 10.4 Å². The number of anilines is 2. The summed E-state index contributed by atoms with van der Waals surface area (Å²) in [6.45, 7) is 1.90. The third-order valence-electron chi connectivity index (χ3n) is 3.57. The van der Waals surface area contributed by atoms with E-state index in [0.717, 1.165) is 9.99 Å². The van der Waals surface area contributed by atoms with Gasteiger partial charge in [-0.15, -0.1) is 0 Å². The van der Waals surface area contributed by atoms with Crippen LogP contribution in [0.2, 0.25) is 5.02 Å². The highest BCUT2D eigenvalue weighted by Crippen LogP contribution is 2.31. The zero-order valence-electron chi connectivity index (χ0n) is 14.4. The van der Waals surface area contributed by atoms with Crippen molar-refractivity contribution in [3.8, 4) is 0 Å². The lowest BCUT2D eigenvalue weighted by Gasteiger charge is -2.15. The SMILES string of the molecule is CCCC(O)CONC(=O)c1cc(Br)c(F)cc1Nc1ccc(I)cc1Cl. The highest BCUT2D eigenvalue weighted by Gasteiger charge is 2.17. The van der Waals surface area contributed by atoms with Crippen LogP contribution in [-0.2, 0) is 4.84 Å². The molecule has 0 aliphatic rings. The molecule has 0 aliphatic carbocycles. The van der Waals surface area contributed by atoms with E-state index < -0.39 is 17.8 Å². The molecule has 27 heavy (non-hydrogen) atoms. The average molecular weight is 572 g/mol. The highest BCUT2D eigenvalue weighted by atomic mass is 127. The van der Waals surface area contributed by atoms with Gasteiger partial charge in [-0.3, -0.25) is 9.63 Å². The van der Waals surface area contributed by atoms with Crippen molar-refractivity contribution < 1.29 is 19.1 Å². The van der Waals surface area contributed by atoms with Gasteiger partial charge in [-0.2, -0.15) is 0 Å². The number of aliphatic hydroxyl groups excluding tert-OH is 1. The molecule has 0 saturated heterocycles. The third-order valence-corrected chi connectivity index (χ3v) is 5.16. The van der Waals surface area contributed by atoms with Crippen LogP contribution in [0.1, 0.15) is 30.1 Å². The zero-order valence-corrected chi connectivity index (χ0v) is 18.9. The van der Waals surface area contributed by atoms with Gasteiger partial charge in [-0.25, -0.2) is 9.87 Å². The Morgan fingerprint density at radius 1 is 1.37 bits per heavy atom. The standard InChI is InChI=1S/C18H18BrClFIN2O3/c1-2-3-11(25)9-27-24-18(26)12-7-13(19)15(21)8-17(12)23-16-5-4-10(22)6-14(16)20/h4-8,11,23,25H,2-3,9H2,1H3,(H,24,26). The minimum absolute atomic E-state index is 0.0341. The Morgan fingerprint density at radius 2 is 2.11 bits per heavy atom. The number of aliphatic hydroxyl groups is 1. The van der Waals surface area contributed by atoms with Crippen LogP contribution in [0.4, 0.5) is 15.8 Å².